The van der Waals surface area contributed by atoms with E-state index in [-0.39, 0.29) is 17.3 Å². The van der Waals surface area contributed by atoms with Crippen molar-refractivity contribution in [3.05, 3.63) is 65.7 Å². The number of carbonyl (C=O) groups is 1. The number of aliphatic hydroxyl groups excluding tert-OH is 4. The van der Waals surface area contributed by atoms with Crippen LogP contribution < -0.4 is 9.47 Å². The molecule has 1 fully saturated rings. The van der Waals surface area contributed by atoms with E-state index in [4.69, 9.17) is 14.2 Å². The molecule has 8 nitrogen and oxygen atoms in total. The van der Waals surface area contributed by atoms with Crippen molar-refractivity contribution >= 4 is 11.9 Å². The van der Waals surface area contributed by atoms with E-state index in [2.05, 4.69) is 0 Å². The number of ketones is 1. The Morgan fingerprint density at radius 2 is 1.77 bits per heavy atom. The summed E-state index contributed by atoms with van der Waals surface area (Å²) in [6.45, 7) is -0.566. The lowest BCUT2D eigenvalue weighted by Crippen LogP contribution is -2.60. The lowest BCUT2D eigenvalue weighted by molar-refractivity contribution is -0.277. The molecule has 5 atom stereocenters. The number of methoxy groups -OCH3 is 1. The molecule has 0 spiro atoms. The average molecular weight is 416 g/mol. The molecule has 0 aliphatic carbocycles. The van der Waals surface area contributed by atoms with Crippen LogP contribution in [0, 0.1) is 0 Å². The van der Waals surface area contributed by atoms with Crippen LogP contribution in [0.3, 0.4) is 0 Å². The largest absolute Gasteiger partial charge is 0.493 e. The van der Waals surface area contributed by atoms with Crippen LogP contribution in [0.5, 0.6) is 11.5 Å². The number of rotatable bonds is 7. The summed E-state index contributed by atoms with van der Waals surface area (Å²) in [5.74, 6) is 0.132. The van der Waals surface area contributed by atoms with E-state index >= 15 is 0 Å². The highest BCUT2D eigenvalue weighted by Gasteiger charge is 2.44. The topological polar surface area (TPSA) is 126 Å². The molecule has 8 heteroatoms. The van der Waals surface area contributed by atoms with E-state index in [1.54, 1.807) is 6.08 Å². The van der Waals surface area contributed by atoms with Gasteiger partial charge in [-0.05, 0) is 29.8 Å². The van der Waals surface area contributed by atoms with Gasteiger partial charge in [-0.25, -0.2) is 0 Å². The van der Waals surface area contributed by atoms with Gasteiger partial charge in [-0.3, -0.25) is 4.79 Å². The quantitative estimate of drug-likeness (QED) is 0.385. The second-order valence-corrected chi connectivity index (χ2v) is 6.79. The molecule has 1 aliphatic heterocycles. The number of ether oxygens (including phenoxy) is 3. The molecule has 0 bridgehead atoms. The van der Waals surface area contributed by atoms with Gasteiger partial charge < -0.3 is 34.6 Å². The first-order valence-corrected chi connectivity index (χ1v) is 9.37. The van der Waals surface area contributed by atoms with Crippen molar-refractivity contribution in [3.8, 4) is 11.5 Å². The van der Waals surface area contributed by atoms with Crippen LogP contribution in [0.25, 0.3) is 6.08 Å². The zero-order valence-electron chi connectivity index (χ0n) is 16.3. The minimum Gasteiger partial charge on any atom is -0.493 e. The molecule has 0 radical (unpaired) electrons. The Balaban J connectivity index is 1.75. The fourth-order valence-corrected chi connectivity index (χ4v) is 3.04. The lowest BCUT2D eigenvalue weighted by atomic mass is 9.99. The average Bonchev–Trinajstić information content (AvgIpc) is 2.78. The molecule has 160 valence electrons. The summed E-state index contributed by atoms with van der Waals surface area (Å²) in [6, 6.07) is 13.9. The molecule has 3 rings (SSSR count). The maximum Gasteiger partial charge on any atom is 0.229 e. The van der Waals surface area contributed by atoms with Gasteiger partial charge in [-0.1, -0.05) is 36.4 Å². The molecule has 2 aromatic rings. The first-order valence-electron chi connectivity index (χ1n) is 9.37. The summed E-state index contributed by atoms with van der Waals surface area (Å²) in [7, 11) is 1.39. The maximum absolute atomic E-state index is 12.5. The van der Waals surface area contributed by atoms with Crippen molar-refractivity contribution in [2.45, 2.75) is 30.7 Å². The van der Waals surface area contributed by atoms with Crippen LogP contribution in [0.2, 0.25) is 0 Å². The lowest BCUT2D eigenvalue weighted by Gasteiger charge is -2.39. The summed E-state index contributed by atoms with van der Waals surface area (Å²) >= 11 is 0. The van der Waals surface area contributed by atoms with Crippen molar-refractivity contribution in [2.24, 2.45) is 0 Å². The molecular formula is C22H24O8. The van der Waals surface area contributed by atoms with E-state index in [1.807, 2.05) is 30.3 Å². The minimum atomic E-state index is -1.56. The minimum absolute atomic E-state index is 0.158. The van der Waals surface area contributed by atoms with Crippen LogP contribution in [-0.4, -0.2) is 70.6 Å². The summed E-state index contributed by atoms with van der Waals surface area (Å²) in [5.41, 5.74) is 1.25. The predicted octanol–water partition coefficient (Wildman–Crippen LogP) is 0.770. The maximum atomic E-state index is 12.5. The van der Waals surface area contributed by atoms with Crippen molar-refractivity contribution < 1.29 is 39.4 Å². The summed E-state index contributed by atoms with van der Waals surface area (Å²) in [6.07, 6.45) is -3.89. The molecule has 30 heavy (non-hydrogen) atoms. The Morgan fingerprint density at radius 1 is 1.03 bits per heavy atom. The number of carbonyl (C=O) groups excluding carboxylic acids is 1. The Morgan fingerprint density at radius 3 is 2.43 bits per heavy atom. The van der Waals surface area contributed by atoms with Crippen molar-refractivity contribution in [1.29, 1.82) is 0 Å². The van der Waals surface area contributed by atoms with Crippen molar-refractivity contribution in [2.75, 3.05) is 13.7 Å². The fraction of sp³-hybridized carbons (Fsp3) is 0.318. The molecule has 1 heterocycles. The molecule has 0 unspecified atom stereocenters. The first-order chi connectivity index (χ1) is 14.4. The molecule has 2 aromatic carbocycles. The van der Waals surface area contributed by atoms with Gasteiger partial charge in [0.1, 0.15) is 24.4 Å². The van der Waals surface area contributed by atoms with Gasteiger partial charge in [0, 0.05) is 5.56 Å². The van der Waals surface area contributed by atoms with Gasteiger partial charge in [-0.2, -0.15) is 0 Å². The second-order valence-electron chi connectivity index (χ2n) is 6.79. The normalized spacial score (nSPS) is 26.5. The van der Waals surface area contributed by atoms with E-state index in [0.29, 0.717) is 5.56 Å². The highest BCUT2D eigenvalue weighted by molar-refractivity contribution is 6.07. The number of hydrogen-bond acceptors (Lipinski definition) is 8. The molecular weight excluding hydrogens is 392 g/mol. The van der Waals surface area contributed by atoms with Crippen LogP contribution in [-0.2, 0) is 4.74 Å². The van der Waals surface area contributed by atoms with Gasteiger partial charge in [0.2, 0.25) is 6.29 Å². The zero-order chi connectivity index (χ0) is 21.7. The standard InChI is InChI=1S/C22H24O8/c1-28-17-11-14(15(24)9-7-13-5-3-2-4-6-13)8-10-16(17)29-22-21(27)20(26)19(25)18(12-23)30-22/h2-11,18-23,25-27H,12H2,1H3/b9-7+/t18-,19-,20+,21-,22-/m1/s1. The summed E-state index contributed by atoms with van der Waals surface area (Å²) in [5, 5.41) is 39.1. The van der Waals surface area contributed by atoms with Crippen LogP contribution in [0.4, 0.5) is 0 Å². The third-order valence-electron chi connectivity index (χ3n) is 4.77. The third-order valence-corrected chi connectivity index (χ3v) is 4.77. The SMILES string of the molecule is COc1cc(C(=O)/C=C/c2ccccc2)ccc1O[C@@H]1O[C@H](CO)[C@@H](O)[C@H](O)[C@H]1O. The Hall–Kier alpha value is -2.75. The van der Waals surface area contributed by atoms with Gasteiger partial charge >= 0.3 is 0 Å². The van der Waals surface area contributed by atoms with E-state index in [0.717, 1.165) is 5.56 Å². The molecule has 0 aromatic heterocycles. The zero-order valence-corrected chi connectivity index (χ0v) is 16.3. The molecule has 0 amide bonds. The Bertz CT molecular complexity index is 880. The van der Waals surface area contributed by atoms with Gasteiger partial charge in [0.15, 0.2) is 17.3 Å². The monoisotopic (exact) mass is 416 g/mol. The second kappa shape index (κ2) is 9.84. The first kappa shape index (κ1) is 21.9. The van der Waals surface area contributed by atoms with Gasteiger partial charge in [-0.15, -0.1) is 0 Å². The van der Waals surface area contributed by atoms with Crippen LogP contribution in [0.1, 0.15) is 15.9 Å². The Kier molecular flexibility index (Phi) is 7.20. The predicted molar refractivity (Wildman–Crippen MR) is 107 cm³/mol. The highest BCUT2D eigenvalue weighted by Crippen LogP contribution is 2.32. The number of allylic oxidation sites excluding steroid dienone is 1. The smallest absolute Gasteiger partial charge is 0.229 e. The van der Waals surface area contributed by atoms with Crippen LogP contribution >= 0.6 is 0 Å². The molecule has 1 aliphatic rings. The summed E-state index contributed by atoms with van der Waals surface area (Å²) < 4.78 is 16.2. The van der Waals surface area contributed by atoms with Gasteiger partial charge in [0.05, 0.1) is 13.7 Å². The highest BCUT2D eigenvalue weighted by atomic mass is 16.7. The number of hydrogen-bond donors (Lipinski definition) is 4. The Labute approximate surface area is 173 Å². The molecule has 1 saturated heterocycles. The molecule has 0 saturated carbocycles. The van der Waals surface area contributed by atoms with Crippen molar-refractivity contribution in [1.82, 2.24) is 0 Å². The number of aliphatic hydroxyl groups is 4. The molecule has 4 N–H and O–H groups in total. The van der Waals surface area contributed by atoms with Crippen LogP contribution in [0.15, 0.2) is 54.6 Å². The fourth-order valence-electron chi connectivity index (χ4n) is 3.04. The summed E-state index contributed by atoms with van der Waals surface area (Å²) in [4.78, 5) is 12.5. The van der Waals surface area contributed by atoms with Gasteiger partial charge in [0.25, 0.3) is 0 Å². The third kappa shape index (κ3) is 4.86. The van der Waals surface area contributed by atoms with E-state index in [9.17, 15) is 25.2 Å². The van der Waals surface area contributed by atoms with Crippen molar-refractivity contribution in [3.63, 3.8) is 0 Å². The van der Waals surface area contributed by atoms with E-state index in [1.165, 1.54) is 31.4 Å². The number of benzene rings is 2. The van der Waals surface area contributed by atoms with E-state index < -0.39 is 37.3 Å².